The van der Waals surface area contributed by atoms with Crippen molar-refractivity contribution in [2.45, 2.75) is 12.0 Å². The minimum absolute atomic E-state index is 0.273. The summed E-state index contributed by atoms with van der Waals surface area (Å²) in [7, 11) is 0. The molecule has 2 atom stereocenters. The van der Waals surface area contributed by atoms with E-state index in [1.165, 1.54) is 0 Å². The summed E-state index contributed by atoms with van der Waals surface area (Å²) in [6.07, 6.45) is -0.751. The van der Waals surface area contributed by atoms with Gasteiger partial charge in [0.2, 0.25) is 0 Å². The standard InChI is InChI=1S/C15H13Br2Cl2NO/c16-9-2-3-12(17)10(6-9)15(21)11(7-20)8-1-4-13(18)14(19)5-8/h1-6,11,15,21H,7,20H2. The summed E-state index contributed by atoms with van der Waals surface area (Å²) in [5.41, 5.74) is 7.48. The number of aliphatic hydroxyl groups excluding tert-OH is 1. The smallest absolute Gasteiger partial charge is 0.0881 e. The van der Waals surface area contributed by atoms with Gasteiger partial charge in [0.05, 0.1) is 16.1 Å². The predicted molar refractivity (Wildman–Crippen MR) is 95.1 cm³/mol. The summed E-state index contributed by atoms with van der Waals surface area (Å²) >= 11 is 18.9. The average molecular weight is 454 g/mol. The molecule has 2 nitrogen and oxygen atoms in total. The largest absolute Gasteiger partial charge is 0.388 e. The van der Waals surface area contributed by atoms with E-state index in [1.54, 1.807) is 12.1 Å². The highest BCUT2D eigenvalue weighted by Gasteiger charge is 2.24. The van der Waals surface area contributed by atoms with Gasteiger partial charge in [-0.05, 0) is 41.5 Å². The van der Waals surface area contributed by atoms with Gasteiger partial charge < -0.3 is 10.8 Å². The fourth-order valence-corrected chi connectivity index (χ4v) is 3.31. The molecule has 0 spiro atoms. The first kappa shape index (κ1) is 17.3. The fraction of sp³-hybridized carbons (Fsp3) is 0.200. The monoisotopic (exact) mass is 451 g/mol. The Balaban J connectivity index is 2.40. The van der Waals surface area contributed by atoms with Crippen LogP contribution in [0.25, 0.3) is 0 Å². The lowest BCUT2D eigenvalue weighted by Gasteiger charge is -2.24. The third-order valence-electron chi connectivity index (χ3n) is 3.28. The molecule has 0 heterocycles. The minimum atomic E-state index is -0.751. The Kier molecular flexibility index (Phi) is 6.12. The highest BCUT2D eigenvalue weighted by molar-refractivity contribution is 9.11. The summed E-state index contributed by atoms with van der Waals surface area (Å²) < 4.78 is 1.72. The first-order chi connectivity index (χ1) is 9.93. The molecule has 0 radical (unpaired) electrons. The van der Waals surface area contributed by atoms with Gasteiger partial charge >= 0.3 is 0 Å². The number of halogens is 4. The zero-order valence-electron chi connectivity index (χ0n) is 10.9. The highest BCUT2D eigenvalue weighted by Crippen LogP contribution is 2.37. The quantitative estimate of drug-likeness (QED) is 0.660. The van der Waals surface area contributed by atoms with Gasteiger partial charge in [-0.2, -0.15) is 0 Å². The first-order valence-corrected chi connectivity index (χ1v) is 8.56. The van der Waals surface area contributed by atoms with Gasteiger partial charge in [-0.3, -0.25) is 0 Å². The van der Waals surface area contributed by atoms with Crippen molar-refractivity contribution in [3.8, 4) is 0 Å². The summed E-state index contributed by atoms with van der Waals surface area (Å²) in [6.45, 7) is 0.290. The van der Waals surface area contributed by atoms with Crippen molar-refractivity contribution in [2.75, 3.05) is 6.54 Å². The van der Waals surface area contributed by atoms with Crippen molar-refractivity contribution in [1.82, 2.24) is 0 Å². The Labute approximate surface area is 150 Å². The first-order valence-electron chi connectivity index (χ1n) is 6.22. The molecule has 0 aromatic heterocycles. The van der Waals surface area contributed by atoms with Crippen molar-refractivity contribution in [3.05, 3.63) is 66.5 Å². The Bertz CT molecular complexity index is 652. The molecule has 2 aromatic rings. The zero-order chi connectivity index (χ0) is 15.6. The molecule has 0 aliphatic heterocycles. The van der Waals surface area contributed by atoms with Gasteiger partial charge in [-0.1, -0.05) is 61.1 Å². The lowest BCUT2D eigenvalue weighted by Crippen LogP contribution is -2.20. The van der Waals surface area contributed by atoms with Crippen LogP contribution in [-0.2, 0) is 0 Å². The Morgan fingerprint density at radius 2 is 1.76 bits per heavy atom. The van der Waals surface area contributed by atoms with Crippen LogP contribution in [0.4, 0.5) is 0 Å². The van der Waals surface area contributed by atoms with Gasteiger partial charge in [0.15, 0.2) is 0 Å². The molecule has 0 saturated carbocycles. The number of hydrogen-bond donors (Lipinski definition) is 2. The Morgan fingerprint density at radius 1 is 1.05 bits per heavy atom. The molecule has 112 valence electrons. The molecular weight excluding hydrogens is 441 g/mol. The van der Waals surface area contributed by atoms with Gasteiger partial charge in [0.1, 0.15) is 0 Å². The third kappa shape index (κ3) is 4.01. The summed E-state index contributed by atoms with van der Waals surface area (Å²) in [4.78, 5) is 0. The van der Waals surface area contributed by atoms with E-state index in [2.05, 4.69) is 31.9 Å². The Hall–Kier alpha value is -0.100. The zero-order valence-corrected chi connectivity index (χ0v) is 15.5. The number of hydrogen-bond acceptors (Lipinski definition) is 2. The summed E-state index contributed by atoms with van der Waals surface area (Å²) in [5.74, 6) is -0.273. The molecule has 3 N–H and O–H groups in total. The molecule has 0 saturated heterocycles. The lowest BCUT2D eigenvalue weighted by molar-refractivity contribution is 0.146. The maximum absolute atomic E-state index is 10.7. The van der Waals surface area contributed by atoms with Crippen molar-refractivity contribution < 1.29 is 5.11 Å². The van der Waals surface area contributed by atoms with E-state index in [0.717, 1.165) is 20.1 Å². The second kappa shape index (κ2) is 7.44. The molecule has 0 bridgehead atoms. The molecular formula is C15H13Br2Cl2NO. The minimum Gasteiger partial charge on any atom is -0.388 e. The van der Waals surface area contributed by atoms with Crippen LogP contribution in [0.3, 0.4) is 0 Å². The molecule has 0 fully saturated rings. The van der Waals surface area contributed by atoms with Crippen LogP contribution in [0, 0.1) is 0 Å². The molecule has 0 aliphatic carbocycles. The number of benzene rings is 2. The SMILES string of the molecule is NCC(c1ccc(Cl)c(Cl)c1)C(O)c1cc(Br)ccc1Br. The van der Waals surface area contributed by atoms with Gasteiger partial charge in [-0.15, -0.1) is 0 Å². The van der Waals surface area contributed by atoms with Crippen molar-refractivity contribution in [1.29, 1.82) is 0 Å². The van der Waals surface area contributed by atoms with Crippen molar-refractivity contribution >= 4 is 55.1 Å². The normalized spacial score (nSPS) is 14.0. The predicted octanol–water partition coefficient (Wildman–Crippen LogP) is 5.29. The number of rotatable bonds is 4. The molecule has 0 amide bonds. The number of nitrogens with two attached hydrogens (primary N) is 1. The van der Waals surface area contributed by atoms with E-state index in [9.17, 15) is 5.11 Å². The van der Waals surface area contributed by atoms with Crippen molar-refractivity contribution in [3.63, 3.8) is 0 Å². The van der Waals surface area contributed by atoms with Gasteiger partial charge in [-0.25, -0.2) is 0 Å². The van der Waals surface area contributed by atoms with E-state index < -0.39 is 6.10 Å². The molecule has 0 aliphatic rings. The molecule has 21 heavy (non-hydrogen) atoms. The molecule has 6 heteroatoms. The van der Waals surface area contributed by atoms with E-state index >= 15 is 0 Å². The summed E-state index contributed by atoms with van der Waals surface area (Å²) in [6, 6.07) is 10.9. The van der Waals surface area contributed by atoms with Crippen LogP contribution in [0.1, 0.15) is 23.1 Å². The third-order valence-corrected chi connectivity index (χ3v) is 5.24. The van der Waals surface area contributed by atoms with Crippen LogP contribution in [0.5, 0.6) is 0 Å². The highest BCUT2D eigenvalue weighted by atomic mass is 79.9. The van der Waals surface area contributed by atoms with Crippen LogP contribution in [0.2, 0.25) is 10.0 Å². The van der Waals surface area contributed by atoms with Crippen LogP contribution >= 0.6 is 55.1 Å². The van der Waals surface area contributed by atoms with Gasteiger partial charge in [0, 0.05) is 21.4 Å². The van der Waals surface area contributed by atoms with E-state index in [4.69, 9.17) is 28.9 Å². The maximum Gasteiger partial charge on any atom is 0.0881 e. The molecule has 2 aromatic carbocycles. The average Bonchev–Trinajstić information content (AvgIpc) is 2.46. The second-order valence-corrected chi connectivity index (χ2v) is 7.21. The van der Waals surface area contributed by atoms with E-state index in [1.807, 2.05) is 24.3 Å². The van der Waals surface area contributed by atoms with Crippen LogP contribution < -0.4 is 5.73 Å². The van der Waals surface area contributed by atoms with Gasteiger partial charge in [0.25, 0.3) is 0 Å². The van der Waals surface area contributed by atoms with Crippen LogP contribution in [0.15, 0.2) is 45.3 Å². The molecule has 2 rings (SSSR count). The topological polar surface area (TPSA) is 46.2 Å². The number of aliphatic hydroxyl groups is 1. The fourth-order valence-electron chi connectivity index (χ4n) is 2.15. The van der Waals surface area contributed by atoms with Crippen LogP contribution in [-0.4, -0.2) is 11.7 Å². The maximum atomic E-state index is 10.7. The van der Waals surface area contributed by atoms with E-state index in [-0.39, 0.29) is 12.5 Å². The second-order valence-electron chi connectivity index (χ2n) is 4.63. The van der Waals surface area contributed by atoms with Crippen molar-refractivity contribution in [2.24, 2.45) is 5.73 Å². The molecule has 2 unspecified atom stereocenters. The summed E-state index contributed by atoms with van der Waals surface area (Å²) in [5, 5.41) is 11.6. The van der Waals surface area contributed by atoms with E-state index in [0.29, 0.717) is 10.0 Å². The Morgan fingerprint density at radius 3 is 2.38 bits per heavy atom. The lowest BCUT2D eigenvalue weighted by atomic mass is 9.89.